The van der Waals surface area contributed by atoms with E-state index >= 15 is 0 Å². The van der Waals surface area contributed by atoms with E-state index < -0.39 is 57.3 Å². The first kappa shape index (κ1) is 37.0. The SMILES string of the molecule is CC(C)(C)OC(=O)NCCCCCOc1ccc2ccc(C(=O)NC[C@H](NS(=O)(=O)c3ccccc3)C(=O)OC(C)(C)C)c(=O)n2c1. The minimum Gasteiger partial charge on any atom is -0.492 e. The van der Waals surface area contributed by atoms with Crippen molar-refractivity contribution in [3.63, 3.8) is 0 Å². The number of esters is 1. The highest BCUT2D eigenvalue weighted by Crippen LogP contribution is 2.15. The van der Waals surface area contributed by atoms with Crippen molar-refractivity contribution in [2.45, 2.75) is 82.9 Å². The predicted molar refractivity (Wildman–Crippen MR) is 176 cm³/mol. The van der Waals surface area contributed by atoms with Crippen LogP contribution in [-0.4, -0.2) is 67.7 Å². The lowest BCUT2D eigenvalue weighted by atomic mass is 10.2. The smallest absolute Gasteiger partial charge is 0.407 e. The van der Waals surface area contributed by atoms with Crippen molar-refractivity contribution < 1.29 is 37.0 Å². The van der Waals surface area contributed by atoms with Crippen molar-refractivity contribution in [2.75, 3.05) is 19.7 Å². The average molecular weight is 673 g/mol. The van der Waals surface area contributed by atoms with E-state index in [1.807, 2.05) is 0 Å². The van der Waals surface area contributed by atoms with Crippen molar-refractivity contribution >= 4 is 33.5 Å². The number of sulfonamides is 1. The van der Waals surface area contributed by atoms with Crippen molar-refractivity contribution in [3.8, 4) is 5.75 Å². The Kier molecular flexibility index (Phi) is 12.5. The molecule has 0 saturated heterocycles. The molecule has 3 N–H and O–H groups in total. The van der Waals surface area contributed by atoms with Crippen LogP contribution in [0.2, 0.25) is 0 Å². The van der Waals surface area contributed by atoms with Gasteiger partial charge in [-0.3, -0.25) is 18.8 Å². The van der Waals surface area contributed by atoms with Crippen LogP contribution in [0.4, 0.5) is 4.79 Å². The Labute approximate surface area is 275 Å². The molecule has 0 fully saturated rings. The number of hydrogen-bond acceptors (Lipinski definition) is 9. The van der Waals surface area contributed by atoms with E-state index in [0.717, 1.165) is 12.8 Å². The Hall–Kier alpha value is -4.43. The first-order valence-corrected chi connectivity index (χ1v) is 16.8. The van der Waals surface area contributed by atoms with E-state index in [9.17, 15) is 27.6 Å². The van der Waals surface area contributed by atoms with Crippen LogP contribution >= 0.6 is 0 Å². The summed E-state index contributed by atoms with van der Waals surface area (Å²) in [5.74, 6) is -1.28. The molecule has 3 aromatic rings. The lowest BCUT2D eigenvalue weighted by Crippen LogP contribution is -2.50. The molecule has 13 nitrogen and oxygen atoms in total. The van der Waals surface area contributed by atoms with Gasteiger partial charge in [0.1, 0.15) is 28.6 Å². The fourth-order valence-corrected chi connectivity index (χ4v) is 5.43. The fraction of sp³-hybridized carbons (Fsp3) is 0.455. The summed E-state index contributed by atoms with van der Waals surface area (Å²) in [6.45, 7) is 10.7. The van der Waals surface area contributed by atoms with Crippen LogP contribution in [0.15, 0.2) is 70.5 Å². The van der Waals surface area contributed by atoms with E-state index in [-0.39, 0.29) is 10.5 Å². The summed E-state index contributed by atoms with van der Waals surface area (Å²) in [4.78, 5) is 51.0. The maximum absolute atomic E-state index is 13.3. The summed E-state index contributed by atoms with van der Waals surface area (Å²) in [7, 11) is -4.14. The molecule has 1 aromatic carbocycles. The second-order valence-electron chi connectivity index (χ2n) is 12.8. The third-order valence-electron chi connectivity index (χ3n) is 6.33. The number of unbranched alkanes of at least 4 members (excludes halogenated alkanes) is 2. The molecule has 0 bridgehead atoms. The van der Waals surface area contributed by atoms with Crippen molar-refractivity contribution in [3.05, 3.63) is 76.7 Å². The number of alkyl carbamates (subject to hydrolysis) is 1. The van der Waals surface area contributed by atoms with Gasteiger partial charge in [-0.1, -0.05) is 18.2 Å². The fourth-order valence-electron chi connectivity index (χ4n) is 4.22. The third kappa shape index (κ3) is 12.0. The third-order valence-corrected chi connectivity index (χ3v) is 7.82. The molecule has 0 saturated carbocycles. The first-order chi connectivity index (χ1) is 21.9. The number of aromatic nitrogens is 1. The van der Waals surface area contributed by atoms with E-state index in [1.54, 1.807) is 65.8 Å². The summed E-state index contributed by atoms with van der Waals surface area (Å²) >= 11 is 0. The molecule has 0 spiro atoms. The van der Waals surface area contributed by atoms with Crippen LogP contribution in [0.1, 0.15) is 71.2 Å². The summed E-state index contributed by atoms with van der Waals surface area (Å²) in [6.07, 6.45) is 3.26. The van der Waals surface area contributed by atoms with Crippen LogP contribution in [0.3, 0.4) is 0 Å². The van der Waals surface area contributed by atoms with Gasteiger partial charge in [0.05, 0.1) is 17.7 Å². The van der Waals surface area contributed by atoms with Crippen molar-refractivity contribution in [1.82, 2.24) is 19.8 Å². The van der Waals surface area contributed by atoms with Gasteiger partial charge in [0, 0.05) is 18.6 Å². The number of rotatable bonds is 14. The highest BCUT2D eigenvalue weighted by Gasteiger charge is 2.30. The minimum atomic E-state index is -4.14. The molecule has 2 aromatic heterocycles. The van der Waals surface area contributed by atoms with Gasteiger partial charge in [0.15, 0.2) is 0 Å². The van der Waals surface area contributed by atoms with Gasteiger partial charge >= 0.3 is 12.1 Å². The van der Waals surface area contributed by atoms with Crippen LogP contribution in [-0.2, 0) is 24.3 Å². The van der Waals surface area contributed by atoms with Crippen LogP contribution in [0.5, 0.6) is 5.75 Å². The molecule has 0 aliphatic rings. The van der Waals surface area contributed by atoms with Crippen LogP contribution < -0.4 is 25.7 Å². The molecular weight excluding hydrogens is 628 g/mol. The zero-order valence-corrected chi connectivity index (χ0v) is 28.4. The molecule has 0 radical (unpaired) electrons. The number of nitrogens with one attached hydrogen (secondary N) is 3. The highest BCUT2D eigenvalue weighted by atomic mass is 32.2. The second kappa shape index (κ2) is 15.9. The number of ether oxygens (including phenoxy) is 3. The summed E-state index contributed by atoms with van der Waals surface area (Å²) in [6, 6.07) is 12.3. The minimum absolute atomic E-state index is 0.0686. The lowest BCUT2D eigenvalue weighted by Gasteiger charge is -2.24. The van der Waals surface area contributed by atoms with Gasteiger partial charge in [0.2, 0.25) is 10.0 Å². The zero-order valence-electron chi connectivity index (χ0n) is 27.6. The number of carbonyl (C=O) groups excluding carboxylic acids is 3. The zero-order chi connectivity index (χ0) is 34.8. The van der Waals surface area contributed by atoms with Gasteiger partial charge in [-0.25, -0.2) is 13.2 Å². The molecular formula is C33H44N4O9S. The molecule has 1 atom stereocenters. The highest BCUT2D eigenvalue weighted by molar-refractivity contribution is 7.89. The summed E-state index contributed by atoms with van der Waals surface area (Å²) in [5, 5.41) is 5.20. The van der Waals surface area contributed by atoms with Gasteiger partial charge in [-0.15, -0.1) is 0 Å². The topological polar surface area (TPSA) is 171 Å². The number of amides is 2. The molecule has 47 heavy (non-hydrogen) atoms. The Balaban J connectivity index is 1.63. The number of hydrogen-bond donors (Lipinski definition) is 3. The number of pyridine rings is 2. The molecule has 0 aliphatic carbocycles. The number of nitrogens with zero attached hydrogens (tertiary/aromatic N) is 1. The predicted octanol–water partition coefficient (Wildman–Crippen LogP) is 3.79. The van der Waals surface area contributed by atoms with E-state index in [2.05, 4.69) is 15.4 Å². The van der Waals surface area contributed by atoms with E-state index in [4.69, 9.17) is 14.2 Å². The van der Waals surface area contributed by atoms with Crippen molar-refractivity contribution in [2.24, 2.45) is 0 Å². The molecule has 3 rings (SSSR count). The standard InChI is InChI=1S/C33H44N4O9S/c1-32(2,3)45-30(40)27(36-47(42,43)25-13-9-7-10-14-25)21-35-28(38)26-18-16-23-15-17-24(22-37(23)29(26)39)44-20-12-8-11-19-34-31(41)46-33(4,5)6/h7,9-10,13-18,22,27,36H,8,11-12,19-21H2,1-6H3,(H,34,41)(H,35,38)/t27-/m0/s1. The molecule has 256 valence electrons. The summed E-state index contributed by atoms with van der Waals surface area (Å²) < 4.78 is 45.9. The normalized spacial score (nSPS) is 12.6. The lowest BCUT2D eigenvalue weighted by molar-refractivity contribution is -0.156. The average Bonchev–Trinajstić information content (AvgIpc) is 2.97. The van der Waals surface area contributed by atoms with Crippen LogP contribution in [0.25, 0.3) is 5.52 Å². The largest absolute Gasteiger partial charge is 0.492 e. The molecule has 2 heterocycles. The molecule has 0 unspecified atom stereocenters. The van der Waals surface area contributed by atoms with Crippen LogP contribution in [0, 0.1) is 0 Å². The molecule has 0 aliphatic heterocycles. The maximum Gasteiger partial charge on any atom is 0.407 e. The Morgan fingerprint density at radius 1 is 0.830 bits per heavy atom. The van der Waals surface area contributed by atoms with Gasteiger partial charge < -0.3 is 24.8 Å². The molecule has 14 heteroatoms. The first-order valence-electron chi connectivity index (χ1n) is 15.3. The van der Waals surface area contributed by atoms with Gasteiger partial charge in [-0.05, 0) is 97.2 Å². The monoisotopic (exact) mass is 672 g/mol. The number of benzene rings is 1. The van der Waals surface area contributed by atoms with Gasteiger partial charge in [-0.2, -0.15) is 4.72 Å². The van der Waals surface area contributed by atoms with E-state index in [0.29, 0.717) is 30.8 Å². The quantitative estimate of drug-likeness (QED) is 0.170. The van der Waals surface area contributed by atoms with Gasteiger partial charge in [0.25, 0.3) is 11.5 Å². The number of fused-ring (bicyclic) bond motifs is 1. The Bertz CT molecular complexity index is 1710. The van der Waals surface area contributed by atoms with E-state index in [1.165, 1.54) is 40.9 Å². The maximum atomic E-state index is 13.3. The second-order valence-corrected chi connectivity index (χ2v) is 14.5. The Morgan fingerprint density at radius 2 is 1.49 bits per heavy atom. The van der Waals surface area contributed by atoms with Crippen molar-refractivity contribution in [1.29, 1.82) is 0 Å². The molecule has 2 amide bonds. The number of carbonyl (C=O) groups is 3. The summed E-state index contributed by atoms with van der Waals surface area (Å²) in [5.41, 5.74) is -1.80. The Morgan fingerprint density at radius 3 is 2.15 bits per heavy atom.